The van der Waals surface area contributed by atoms with Crippen molar-refractivity contribution in [1.29, 1.82) is 0 Å². The molecule has 0 fully saturated rings. The van der Waals surface area contributed by atoms with Crippen LogP contribution in [0.2, 0.25) is 0 Å². The number of anilines is 1. The third-order valence-corrected chi connectivity index (χ3v) is 2.79. The minimum absolute atomic E-state index is 0.206. The molecule has 1 aromatic rings. The second-order valence-corrected chi connectivity index (χ2v) is 4.11. The van der Waals surface area contributed by atoms with Crippen LogP contribution in [0.3, 0.4) is 0 Å². The Bertz CT molecular complexity index is 357. The standard InChI is InChI=1S/C13H21FN2O/c1-4-16(10(2)9-17-3)13-6-11(8-15)5-12(14)7-13/h5-7,10H,4,8-9,15H2,1-3H3. The first kappa shape index (κ1) is 13.9. The maximum absolute atomic E-state index is 13.4. The fourth-order valence-corrected chi connectivity index (χ4v) is 2.00. The van der Waals surface area contributed by atoms with E-state index < -0.39 is 0 Å². The molecule has 0 radical (unpaired) electrons. The summed E-state index contributed by atoms with van der Waals surface area (Å²) in [6.07, 6.45) is 0. The average molecular weight is 240 g/mol. The smallest absolute Gasteiger partial charge is 0.125 e. The Balaban J connectivity index is 2.98. The van der Waals surface area contributed by atoms with E-state index in [1.165, 1.54) is 12.1 Å². The summed E-state index contributed by atoms with van der Waals surface area (Å²) in [5.74, 6) is -0.244. The molecule has 0 heterocycles. The Morgan fingerprint density at radius 3 is 2.65 bits per heavy atom. The van der Waals surface area contributed by atoms with Crippen LogP contribution >= 0.6 is 0 Å². The molecule has 0 aliphatic carbocycles. The van der Waals surface area contributed by atoms with Gasteiger partial charge in [0.15, 0.2) is 0 Å². The van der Waals surface area contributed by atoms with Crippen molar-refractivity contribution in [2.45, 2.75) is 26.4 Å². The fourth-order valence-electron chi connectivity index (χ4n) is 2.00. The number of nitrogens with two attached hydrogens (primary N) is 1. The summed E-state index contributed by atoms with van der Waals surface area (Å²) in [5.41, 5.74) is 7.22. The third-order valence-electron chi connectivity index (χ3n) is 2.79. The van der Waals surface area contributed by atoms with Gasteiger partial charge in [0, 0.05) is 31.9 Å². The van der Waals surface area contributed by atoms with Crippen LogP contribution in [0.5, 0.6) is 0 Å². The Hall–Kier alpha value is -1.13. The zero-order chi connectivity index (χ0) is 12.8. The van der Waals surface area contributed by atoms with Crippen molar-refractivity contribution in [3.63, 3.8) is 0 Å². The topological polar surface area (TPSA) is 38.5 Å². The SMILES string of the molecule is CCN(c1cc(F)cc(CN)c1)C(C)COC. The first-order valence-electron chi connectivity index (χ1n) is 5.87. The Morgan fingerprint density at radius 1 is 1.41 bits per heavy atom. The molecule has 17 heavy (non-hydrogen) atoms. The lowest BCUT2D eigenvalue weighted by atomic mass is 10.1. The molecule has 1 rings (SSSR count). The van der Waals surface area contributed by atoms with E-state index in [9.17, 15) is 4.39 Å². The molecular formula is C13H21FN2O. The van der Waals surface area contributed by atoms with E-state index >= 15 is 0 Å². The number of methoxy groups -OCH3 is 1. The Kier molecular flexibility index (Phi) is 5.38. The molecule has 0 saturated carbocycles. The number of benzene rings is 1. The average Bonchev–Trinajstić information content (AvgIpc) is 2.29. The molecule has 1 unspecified atom stereocenters. The lowest BCUT2D eigenvalue weighted by molar-refractivity contribution is 0.182. The predicted octanol–water partition coefficient (Wildman–Crippen LogP) is 2.15. The van der Waals surface area contributed by atoms with E-state index in [2.05, 4.69) is 11.8 Å². The monoisotopic (exact) mass is 240 g/mol. The molecule has 1 atom stereocenters. The molecule has 4 heteroatoms. The predicted molar refractivity (Wildman–Crippen MR) is 68.6 cm³/mol. The van der Waals surface area contributed by atoms with Gasteiger partial charge in [-0.25, -0.2) is 4.39 Å². The van der Waals surface area contributed by atoms with Crippen molar-refractivity contribution in [2.24, 2.45) is 5.73 Å². The minimum atomic E-state index is -0.244. The number of hydrogen-bond donors (Lipinski definition) is 1. The van der Waals surface area contributed by atoms with Crippen LogP contribution in [0.25, 0.3) is 0 Å². The van der Waals surface area contributed by atoms with Gasteiger partial charge in [-0.15, -0.1) is 0 Å². The molecule has 1 aromatic carbocycles. The summed E-state index contributed by atoms with van der Waals surface area (Å²) in [7, 11) is 1.67. The van der Waals surface area contributed by atoms with Crippen LogP contribution in [0.4, 0.5) is 10.1 Å². The van der Waals surface area contributed by atoms with Crippen molar-refractivity contribution < 1.29 is 9.13 Å². The highest BCUT2D eigenvalue weighted by Gasteiger charge is 2.14. The van der Waals surface area contributed by atoms with Gasteiger partial charge >= 0.3 is 0 Å². The lowest BCUT2D eigenvalue weighted by Gasteiger charge is -2.30. The lowest BCUT2D eigenvalue weighted by Crippen LogP contribution is -2.36. The van der Waals surface area contributed by atoms with Gasteiger partial charge in [-0.3, -0.25) is 0 Å². The van der Waals surface area contributed by atoms with Gasteiger partial charge in [-0.1, -0.05) is 0 Å². The van der Waals surface area contributed by atoms with Crippen LogP contribution in [-0.4, -0.2) is 26.3 Å². The van der Waals surface area contributed by atoms with Crippen molar-refractivity contribution in [2.75, 3.05) is 25.2 Å². The van der Waals surface area contributed by atoms with Gasteiger partial charge in [0.05, 0.1) is 6.61 Å². The van der Waals surface area contributed by atoms with Crippen molar-refractivity contribution in [3.05, 3.63) is 29.6 Å². The van der Waals surface area contributed by atoms with Crippen LogP contribution < -0.4 is 10.6 Å². The van der Waals surface area contributed by atoms with E-state index in [1.54, 1.807) is 7.11 Å². The van der Waals surface area contributed by atoms with Crippen molar-refractivity contribution in [3.8, 4) is 0 Å². The molecule has 0 aliphatic rings. The highest BCUT2D eigenvalue weighted by molar-refractivity contribution is 5.50. The summed E-state index contributed by atoms with van der Waals surface area (Å²) in [4.78, 5) is 2.10. The largest absolute Gasteiger partial charge is 0.383 e. The molecule has 0 bridgehead atoms. The number of nitrogens with zero attached hydrogens (tertiary/aromatic N) is 1. The molecular weight excluding hydrogens is 219 g/mol. The Labute approximate surface area is 102 Å². The van der Waals surface area contributed by atoms with E-state index in [0.29, 0.717) is 13.2 Å². The van der Waals surface area contributed by atoms with E-state index in [1.807, 2.05) is 13.0 Å². The molecule has 96 valence electrons. The molecule has 0 amide bonds. The number of hydrogen-bond acceptors (Lipinski definition) is 3. The van der Waals surface area contributed by atoms with Gasteiger partial charge < -0.3 is 15.4 Å². The fraction of sp³-hybridized carbons (Fsp3) is 0.538. The highest BCUT2D eigenvalue weighted by atomic mass is 19.1. The number of ether oxygens (including phenoxy) is 1. The highest BCUT2D eigenvalue weighted by Crippen LogP contribution is 2.20. The molecule has 0 spiro atoms. The first-order valence-corrected chi connectivity index (χ1v) is 5.87. The summed E-state index contributed by atoms with van der Waals surface area (Å²) in [5, 5.41) is 0. The summed E-state index contributed by atoms with van der Waals surface area (Å²) < 4.78 is 18.6. The van der Waals surface area contributed by atoms with E-state index in [0.717, 1.165) is 17.8 Å². The molecule has 0 aliphatic heterocycles. The van der Waals surface area contributed by atoms with Crippen LogP contribution in [-0.2, 0) is 11.3 Å². The van der Waals surface area contributed by atoms with Gasteiger partial charge in [-0.2, -0.15) is 0 Å². The first-order chi connectivity index (χ1) is 8.12. The molecule has 0 aromatic heterocycles. The minimum Gasteiger partial charge on any atom is -0.383 e. The normalized spacial score (nSPS) is 12.5. The van der Waals surface area contributed by atoms with Gasteiger partial charge in [0.25, 0.3) is 0 Å². The number of rotatable bonds is 6. The quantitative estimate of drug-likeness (QED) is 0.828. The van der Waals surface area contributed by atoms with Crippen LogP contribution in [0.15, 0.2) is 18.2 Å². The summed E-state index contributed by atoms with van der Waals surface area (Å²) in [6, 6.07) is 5.14. The van der Waals surface area contributed by atoms with Crippen molar-refractivity contribution in [1.82, 2.24) is 0 Å². The Morgan fingerprint density at radius 2 is 2.12 bits per heavy atom. The van der Waals surface area contributed by atoms with Crippen LogP contribution in [0.1, 0.15) is 19.4 Å². The molecule has 2 N–H and O–H groups in total. The summed E-state index contributed by atoms with van der Waals surface area (Å²) >= 11 is 0. The maximum atomic E-state index is 13.4. The number of halogens is 1. The number of likely N-dealkylation sites (N-methyl/N-ethyl adjacent to an activating group) is 1. The molecule has 0 saturated heterocycles. The second kappa shape index (κ2) is 6.57. The van der Waals surface area contributed by atoms with Gasteiger partial charge in [-0.05, 0) is 37.6 Å². The summed E-state index contributed by atoms with van der Waals surface area (Å²) in [6.45, 7) is 5.86. The van der Waals surface area contributed by atoms with Gasteiger partial charge in [0.1, 0.15) is 5.82 Å². The van der Waals surface area contributed by atoms with Gasteiger partial charge in [0.2, 0.25) is 0 Å². The van der Waals surface area contributed by atoms with Crippen molar-refractivity contribution >= 4 is 5.69 Å². The van der Waals surface area contributed by atoms with E-state index in [-0.39, 0.29) is 11.9 Å². The zero-order valence-electron chi connectivity index (χ0n) is 10.7. The molecule has 3 nitrogen and oxygen atoms in total. The zero-order valence-corrected chi connectivity index (χ0v) is 10.7. The van der Waals surface area contributed by atoms with Crippen LogP contribution in [0, 0.1) is 5.82 Å². The third kappa shape index (κ3) is 3.68. The van der Waals surface area contributed by atoms with E-state index in [4.69, 9.17) is 10.5 Å². The second-order valence-electron chi connectivity index (χ2n) is 4.11. The maximum Gasteiger partial charge on any atom is 0.125 e.